The number of hydrogen-bond acceptors (Lipinski definition) is 3. The molecule has 0 saturated heterocycles. The number of carbonyl (C=O) groups is 2. The predicted molar refractivity (Wildman–Crippen MR) is 114 cm³/mol. The Morgan fingerprint density at radius 2 is 1.83 bits per heavy atom. The van der Waals surface area contributed by atoms with Gasteiger partial charge in [-0.15, -0.1) is 0 Å². The molecule has 0 aliphatic heterocycles. The van der Waals surface area contributed by atoms with E-state index in [1.54, 1.807) is 36.5 Å². The molecule has 30 heavy (non-hydrogen) atoms. The van der Waals surface area contributed by atoms with E-state index in [1.807, 2.05) is 10.5 Å². The lowest BCUT2D eigenvalue weighted by Gasteiger charge is -2.07. The molecule has 4 aromatic rings. The van der Waals surface area contributed by atoms with Gasteiger partial charge in [-0.2, -0.15) is 0 Å². The smallest absolute Gasteiger partial charge is 0.296 e. The van der Waals surface area contributed by atoms with Crippen LogP contribution in [0.1, 0.15) is 21.6 Å². The van der Waals surface area contributed by atoms with Crippen LogP contribution in [0.15, 0.2) is 67.0 Å². The van der Waals surface area contributed by atoms with Crippen molar-refractivity contribution < 1.29 is 14.0 Å². The zero-order valence-corrected chi connectivity index (χ0v) is 16.9. The highest BCUT2D eigenvalue weighted by Gasteiger charge is 2.23. The van der Waals surface area contributed by atoms with Gasteiger partial charge in [-0.05, 0) is 42.0 Å². The van der Waals surface area contributed by atoms with Gasteiger partial charge in [0.1, 0.15) is 5.82 Å². The van der Waals surface area contributed by atoms with E-state index in [0.29, 0.717) is 11.9 Å². The second-order valence-corrected chi connectivity index (χ2v) is 7.32. The van der Waals surface area contributed by atoms with Gasteiger partial charge in [-0.25, -0.2) is 9.37 Å². The van der Waals surface area contributed by atoms with Gasteiger partial charge in [0, 0.05) is 24.5 Å². The van der Waals surface area contributed by atoms with E-state index in [4.69, 9.17) is 23.2 Å². The highest BCUT2D eigenvalue weighted by Crippen LogP contribution is 2.28. The van der Waals surface area contributed by atoms with Crippen LogP contribution in [0.3, 0.4) is 0 Å². The molecular formula is C22H14Cl2FN3O2. The molecule has 0 unspecified atom stereocenters. The molecule has 5 nitrogen and oxygen atoms in total. The normalized spacial score (nSPS) is 10.9. The number of amides is 1. The van der Waals surface area contributed by atoms with Gasteiger partial charge in [0.15, 0.2) is 5.15 Å². The number of anilines is 1. The Kier molecular flexibility index (Phi) is 5.53. The van der Waals surface area contributed by atoms with Crippen molar-refractivity contribution in [3.63, 3.8) is 0 Å². The van der Waals surface area contributed by atoms with E-state index < -0.39 is 11.7 Å². The summed E-state index contributed by atoms with van der Waals surface area (Å²) in [6, 6.07) is 14.6. The van der Waals surface area contributed by atoms with E-state index in [9.17, 15) is 14.0 Å². The highest BCUT2D eigenvalue weighted by atomic mass is 35.5. The molecule has 0 aliphatic rings. The molecule has 4 rings (SSSR count). The average molecular weight is 442 g/mol. The number of carbonyl (C=O) groups excluding carboxylic acids is 2. The number of hydrogen-bond donors (Lipinski definition) is 1. The summed E-state index contributed by atoms with van der Waals surface area (Å²) in [4.78, 5) is 29.4. The molecule has 1 amide bonds. The summed E-state index contributed by atoms with van der Waals surface area (Å²) in [6.07, 6.45) is 3.66. The van der Waals surface area contributed by atoms with E-state index in [-0.39, 0.29) is 27.2 Å². The number of nitrogens with one attached hydrogen (secondary N) is 1. The van der Waals surface area contributed by atoms with Crippen LogP contribution in [-0.4, -0.2) is 21.1 Å². The molecule has 150 valence electrons. The largest absolute Gasteiger partial charge is 0.320 e. The summed E-state index contributed by atoms with van der Waals surface area (Å²) in [6.45, 7) is 0. The minimum absolute atomic E-state index is 0.0117. The lowest BCUT2D eigenvalue weighted by atomic mass is 10.1. The van der Waals surface area contributed by atoms with Crippen LogP contribution in [0.2, 0.25) is 10.2 Å². The SMILES string of the molecule is O=C(Nc1c(Cl)ccnc1Cl)C(=O)c1cc(Cc2ccc(F)cc2)n2ccccc12. The maximum absolute atomic E-state index is 13.2. The molecule has 3 heterocycles. The van der Waals surface area contributed by atoms with E-state index >= 15 is 0 Å². The van der Waals surface area contributed by atoms with Crippen LogP contribution >= 0.6 is 23.2 Å². The second kappa shape index (κ2) is 8.26. The lowest BCUT2D eigenvalue weighted by molar-refractivity contribution is -0.112. The molecule has 0 atom stereocenters. The molecule has 8 heteroatoms. The number of aromatic nitrogens is 2. The van der Waals surface area contributed by atoms with Crippen molar-refractivity contribution in [2.45, 2.75) is 6.42 Å². The van der Waals surface area contributed by atoms with Gasteiger partial charge < -0.3 is 9.72 Å². The molecule has 3 aromatic heterocycles. The third-order valence-corrected chi connectivity index (χ3v) is 5.20. The molecular weight excluding hydrogens is 428 g/mol. The van der Waals surface area contributed by atoms with Crippen LogP contribution < -0.4 is 5.32 Å². The van der Waals surface area contributed by atoms with Crippen molar-refractivity contribution >= 4 is 46.1 Å². The first-order chi connectivity index (χ1) is 14.4. The molecule has 0 fully saturated rings. The minimum Gasteiger partial charge on any atom is -0.320 e. The number of halogens is 3. The number of nitrogens with zero attached hydrogens (tertiary/aromatic N) is 2. The lowest BCUT2D eigenvalue weighted by Crippen LogP contribution is -2.23. The standard InChI is InChI=1S/C22H14Cl2FN3O2/c23-17-8-9-26-21(24)19(17)27-22(30)20(29)16-12-15(28-10-2-1-3-18(16)28)11-13-4-6-14(25)7-5-13/h1-10,12H,11H2,(H,27,30). The van der Waals surface area contributed by atoms with Crippen LogP contribution in [0.25, 0.3) is 5.52 Å². The molecule has 0 radical (unpaired) electrons. The van der Waals surface area contributed by atoms with Gasteiger partial charge in [0.05, 0.1) is 21.8 Å². The zero-order valence-electron chi connectivity index (χ0n) is 15.4. The average Bonchev–Trinajstić information content (AvgIpc) is 3.10. The van der Waals surface area contributed by atoms with Crippen LogP contribution in [0.5, 0.6) is 0 Å². The molecule has 0 saturated carbocycles. The molecule has 0 bridgehead atoms. The number of ketones is 1. The topological polar surface area (TPSA) is 63.5 Å². The van der Waals surface area contributed by atoms with Gasteiger partial charge in [0.2, 0.25) is 0 Å². The molecule has 0 spiro atoms. The van der Waals surface area contributed by atoms with Gasteiger partial charge >= 0.3 is 0 Å². The summed E-state index contributed by atoms with van der Waals surface area (Å²) >= 11 is 12.0. The van der Waals surface area contributed by atoms with Crippen molar-refractivity contribution in [1.82, 2.24) is 9.38 Å². The molecule has 0 aliphatic carbocycles. The first-order valence-electron chi connectivity index (χ1n) is 8.93. The Morgan fingerprint density at radius 3 is 2.57 bits per heavy atom. The highest BCUT2D eigenvalue weighted by molar-refractivity contribution is 6.49. The Balaban J connectivity index is 1.67. The third-order valence-electron chi connectivity index (χ3n) is 4.60. The number of Topliss-reactive ketones (excluding diaryl/α,β-unsaturated/α-hetero) is 1. The van der Waals surface area contributed by atoms with Gasteiger partial charge in [0.25, 0.3) is 11.7 Å². The summed E-state index contributed by atoms with van der Waals surface area (Å²) in [5.74, 6) is -1.93. The Labute approximate surface area is 181 Å². The molecule has 1 aromatic carbocycles. The zero-order chi connectivity index (χ0) is 21.3. The van der Waals surface area contributed by atoms with Crippen molar-refractivity contribution in [3.8, 4) is 0 Å². The summed E-state index contributed by atoms with van der Waals surface area (Å²) < 4.78 is 15.0. The predicted octanol–water partition coefficient (Wildman–Crippen LogP) is 5.19. The van der Waals surface area contributed by atoms with Crippen LogP contribution in [-0.2, 0) is 11.2 Å². The van der Waals surface area contributed by atoms with Crippen molar-refractivity contribution in [1.29, 1.82) is 0 Å². The van der Waals surface area contributed by atoms with Crippen LogP contribution in [0.4, 0.5) is 10.1 Å². The van der Waals surface area contributed by atoms with Crippen molar-refractivity contribution in [2.75, 3.05) is 5.32 Å². The Hall–Kier alpha value is -3.22. The molecule has 1 N–H and O–H groups in total. The van der Waals surface area contributed by atoms with E-state index in [0.717, 1.165) is 11.3 Å². The summed E-state index contributed by atoms with van der Waals surface area (Å²) in [5.41, 5.74) is 2.55. The maximum atomic E-state index is 13.2. The Bertz CT molecular complexity index is 1250. The second-order valence-electron chi connectivity index (χ2n) is 6.55. The Morgan fingerprint density at radius 1 is 1.07 bits per heavy atom. The van der Waals surface area contributed by atoms with Gasteiger partial charge in [-0.1, -0.05) is 41.4 Å². The quantitative estimate of drug-likeness (QED) is 0.263. The van der Waals surface area contributed by atoms with Crippen molar-refractivity contribution in [2.24, 2.45) is 0 Å². The maximum Gasteiger partial charge on any atom is 0.296 e. The number of benzene rings is 1. The fourth-order valence-electron chi connectivity index (χ4n) is 3.17. The fraction of sp³-hybridized carbons (Fsp3) is 0.0455. The van der Waals surface area contributed by atoms with Crippen molar-refractivity contribution in [3.05, 3.63) is 99.8 Å². The summed E-state index contributed by atoms with van der Waals surface area (Å²) in [7, 11) is 0. The van der Waals surface area contributed by atoms with E-state index in [1.165, 1.54) is 24.4 Å². The van der Waals surface area contributed by atoms with E-state index in [2.05, 4.69) is 10.3 Å². The number of rotatable bonds is 5. The first kappa shape index (κ1) is 20.1. The summed E-state index contributed by atoms with van der Waals surface area (Å²) in [5, 5.41) is 2.60. The first-order valence-corrected chi connectivity index (χ1v) is 9.68. The third kappa shape index (κ3) is 3.92. The van der Waals surface area contributed by atoms with Gasteiger partial charge in [-0.3, -0.25) is 9.59 Å². The fourth-order valence-corrected chi connectivity index (χ4v) is 3.62. The van der Waals surface area contributed by atoms with Crippen LogP contribution in [0, 0.1) is 5.82 Å². The number of pyridine rings is 2. The minimum atomic E-state index is -0.878. The monoisotopic (exact) mass is 441 g/mol. The number of fused-ring (bicyclic) bond motifs is 1.